The van der Waals surface area contributed by atoms with E-state index in [0.29, 0.717) is 17.3 Å². The van der Waals surface area contributed by atoms with Gasteiger partial charge in [-0.05, 0) is 41.9 Å². The van der Waals surface area contributed by atoms with Crippen molar-refractivity contribution in [3.63, 3.8) is 0 Å². The van der Waals surface area contributed by atoms with E-state index in [0.717, 1.165) is 28.8 Å². The Morgan fingerprint density at radius 1 is 1.07 bits per heavy atom. The fourth-order valence-electron chi connectivity index (χ4n) is 3.76. The van der Waals surface area contributed by atoms with Crippen molar-refractivity contribution < 1.29 is 19.4 Å². The Labute approximate surface area is 173 Å². The molecule has 0 bridgehead atoms. The number of fused-ring (bicyclic) bond motifs is 1. The summed E-state index contributed by atoms with van der Waals surface area (Å²) in [6.45, 7) is 0.135. The van der Waals surface area contributed by atoms with Crippen LogP contribution < -0.4 is 5.32 Å². The molecule has 0 spiro atoms. The number of rotatable bonds is 5. The molecule has 1 amide bonds. The first kappa shape index (κ1) is 19.2. The number of hydrogen-bond acceptors (Lipinski definition) is 4. The SMILES string of the molecule is O=C(Nc1sc2c(c1C(=O)O)CCC(c1ccccc1)C2)OCc1ccccc1. The van der Waals surface area contributed by atoms with Crippen LogP contribution in [0.2, 0.25) is 0 Å². The number of aromatic carboxylic acids is 1. The van der Waals surface area contributed by atoms with Crippen molar-refractivity contribution in [3.8, 4) is 0 Å². The van der Waals surface area contributed by atoms with Crippen LogP contribution in [0.15, 0.2) is 60.7 Å². The van der Waals surface area contributed by atoms with Gasteiger partial charge in [-0.3, -0.25) is 5.32 Å². The minimum absolute atomic E-state index is 0.135. The van der Waals surface area contributed by atoms with E-state index in [4.69, 9.17) is 4.74 Å². The minimum Gasteiger partial charge on any atom is -0.478 e. The molecule has 1 atom stereocenters. The molecule has 1 aliphatic rings. The molecule has 5 nitrogen and oxygen atoms in total. The summed E-state index contributed by atoms with van der Waals surface area (Å²) in [4.78, 5) is 25.1. The second-order valence-corrected chi connectivity index (χ2v) is 8.16. The van der Waals surface area contributed by atoms with Gasteiger partial charge in [0.1, 0.15) is 11.6 Å². The number of nitrogens with one attached hydrogen (secondary N) is 1. The first-order valence-corrected chi connectivity index (χ1v) is 10.3. The molecular weight excluding hydrogens is 386 g/mol. The van der Waals surface area contributed by atoms with E-state index in [9.17, 15) is 14.7 Å². The predicted octanol–water partition coefficient (Wildman–Crippen LogP) is 5.47. The predicted molar refractivity (Wildman–Crippen MR) is 113 cm³/mol. The lowest BCUT2D eigenvalue weighted by atomic mass is 9.83. The van der Waals surface area contributed by atoms with E-state index in [1.54, 1.807) is 0 Å². The third-order valence-electron chi connectivity index (χ3n) is 5.18. The standard InChI is InChI=1S/C23H21NO4S/c25-22(26)20-18-12-11-17(16-9-5-2-6-10-16)13-19(18)29-21(20)24-23(27)28-14-15-7-3-1-4-8-15/h1-10,17H,11-14H2,(H,24,27)(H,25,26). The molecule has 2 N–H and O–H groups in total. The Bertz CT molecular complexity index is 1010. The monoisotopic (exact) mass is 407 g/mol. The van der Waals surface area contributed by atoms with E-state index in [1.165, 1.54) is 16.9 Å². The number of carboxylic acid groups (broad SMARTS) is 1. The molecule has 1 aliphatic carbocycles. The van der Waals surface area contributed by atoms with Crippen LogP contribution in [-0.2, 0) is 24.2 Å². The number of carbonyl (C=O) groups excluding carboxylic acids is 1. The second kappa shape index (κ2) is 8.49. The van der Waals surface area contributed by atoms with Crippen LogP contribution >= 0.6 is 11.3 Å². The van der Waals surface area contributed by atoms with Crippen LogP contribution in [0.1, 0.15) is 44.3 Å². The number of carboxylic acids is 1. The van der Waals surface area contributed by atoms with Crippen molar-refractivity contribution in [2.45, 2.75) is 31.8 Å². The van der Waals surface area contributed by atoms with Crippen LogP contribution in [0.25, 0.3) is 0 Å². The first-order valence-electron chi connectivity index (χ1n) is 9.52. The van der Waals surface area contributed by atoms with Gasteiger partial charge < -0.3 is 9.84 Å². The maximum absolute atomic E-state index is 12.2. The van der Waals surface area contributed by atoms with Gasteiger partial charge in [-0.25, -0.2) is 9.59 Å². The second-order valence-electron chi connectivity index (χ2n) is 7.05. The smallest absolute Gasteiger partial charge is 0.412 e. The van der Waals surface area contributed by atoms with Crippen LogP contribution in [0.3, 0.4) is 0 Å². The Morgan fingerprint density at radius 3 is 2.45 bits per heavy atom. The third kappa shape index (κ3) is 4.32. The summed E-state index contributed by atoms with van der Waals surface area (Å²) in [6.07, 6.45) is 1.72. The highest BCUT2D eigenvalue weighted by atomic mass is 32.1. The number of ether oxygens (including phenoxy) is 1. The highest BCUT2D eigenvalue weighted by Crippen LogP contribution is 2.42. The number of benzene rings is 2. The summed E-state index contributed by atoms with van der Waals surface area (Å²) in [5, 5.41) is 12.7. The third-order valence-corrected chi connectivity index (χ3v) is 6.35. The molecule has 148 valence electrons. The molecule has 2 aromatic carbocycles. The summed E-state index contributed by atoms with van der Waals surface area (Å²) < 4.78 is 5.25. The van der Waals surface area contributed by atoms with Gasteiger partial charge >= 0.3 is 12.1 Å². The Hall–Kier alpha value is -3.12. The molecule has 0 saturated carbocycles. The Balaban J connectivity index is 1.50. The van der Waals surface area contributed by atoms with Crippen LogP contribution in [0.4, 0.5) is 9.80 Å². The van der Waals surface area contributed by atoms with Gasteiger partial charge in [0.25, 0.3) is 0 Å². The Morgan fingerprint density at radius 2 is 1.76 bits per heavy atom. The molecule has 1 aromatic heterocycles. The van der Waals surface area contributed by atoms with Gasteiger partial charge in [0.05, 0.1) is 5.56 Å². The van der Waals surface area contributed by atoms with Crippen molar-refractivity contribution in [1.82, 2.24) is 0 Å². The molecule has 6 heteroatoms. The quantitative estimate of drug-likeness (QED) is 0.588. The number of carbonyl (C=O) groups is 2. The van der Waals surface area contributed by atoms with Gasteiger partial charge in [0.2, 0.25) is 0 Å². The fourth-order valence-corrected chi connectivity index (χ4v) is 5.07. The number of anilines is 1. The molecule has 0 aliphatic heterocycles. The van der Waals surface area contributed by atoms with Crippen molar-refractivity contribution >= 4 is 28.4 Å². The van der Waals surface area contributed by atoms with E-state index in [1.807, 2.05) is 48.5 Å². The lowest BCUT2D eigenvalue weighted by Gasteiger charge is -2.22. The van der Waals surface area contributed by atoms with E-state index < -0.39 is 12.1 Å². The molecule has 0 saturated heterocycles. The molecule has 1 unspecified atom stereocenters. The van der Waals surface area contributed by atoms with E-state index in [2.05, 4.69) is 17.4 Å². The molecule has 0 radical (unpaired) electrons. The van der Waals surface area contributed by atoms with Crippen molar-refractivity contribution in [2.24, 2.45) is 0 Å². The number of thiophene rings is 1. The highest BCUT2D eigenvalue weighted by molar-refractivity contribution is 7.17. The van der Waals surface area contributed by atoms with Gasteiger partial charge in [-0.15, -0.1) is 11.3 Å². The lowest BCUT2D eigenvalue weighted by Crippen LogP contribution is -2.16. The summed E-state index contributed by atoms with van der Waals surface area (Å²) in [7, 11) is 0. The largest absolute Gasteiger partial charge is 0.478 e. The van der Waals surface area contributed by atoms with Crippen molar-refractivity contribution in [1.29, 1.82) is 0 Å². The van der Waals surface area contributed by atoms with Crippen LogP contribution in [-0.4, -0.2) is 17.2 Å². The maximum Gasteiger partial charge on any atom is 0.412 e. The molecule has 3 aromatic rings. The van der Waals surface area contributed by atoms with Crippen LogP contribution in [0.5, 0.6) is 0 Å². The molecular formula is C23H21NO4S. The zero-order chi connectivity index (χ0) is 20.2. The average Bonchev–Trinajstić information content (AvgIpc) is 3.10. The Kier molecular flexibility index (Phi) is 5.62. The summed E-state index contributed by atoms with van der Waals surface area (Å²) in [6, 6.07) is 19.6. The van der Waals surface area contributed by atoms with Crippen molar-refractivity contribution in [3.05, 3.63) is 87.8 Å². The summed E-state index contributed by atoms with van der Waals surface area (Å²) in [5.74, 6) is -0.652. The van der Waals surface area contributed by atoms with Gasteiger partial charge in [0, 0.05) is 4.88 Å². The normalized spacial score (nSPS) is 15.4. The summed E-state index contributed by atoms with van der Waals surface area (Å²) in [5.41, 5.74) is 3.18. The minimum atomic E-state index is -1.01. The van der Waals surface area contributed by atoms with Gasteiger partial charge in [0.15, 0.2) is 0 Å². The highest BCUT2D eigenvalue weighted by Gasteiger charge is 2.30. The van der Waals surface area contributed by atoms with Gasteiger partial charge in [-0.1, -0.05) is 60.7 Å². The fraction of sp³-hybridized carbons (Fsp3) is 0.217. The zero-order valence-electron chi connectivity index (χ0n) is 15.8. The maximum atomic E-state index is 12.2. The molecule has 1 heterocycles. The average molecular weight is 407 g/mol. The molecule has 29 heavy (non-hydrogen) atoms. The topological polar surface area (TPSA) is 75.6 Å². The zero-order valence-corrected chi connectivity index (χ0v) is 16.6. The first-order chi connectivity index (χ1) is 14.1. The van der Waals surface area contributed by atoms with Gasteiger partial charge in [-0.2, -0.15) is 0 Å². The van der Waals surface area contributed by atoms with E-state index >= 15 is 0 Å². The van der Waals surface area contributed by atoms with Crippen LogP contribution in [0, 0.1) is 0 Å². The summed E-state index contributed by atoms with van der Waals surface area (Å²) >= 11 is 1.35. The number of hydrogen-bond donors (Lipinski definition) is 2. The van der Waals surface area contributed by atoms with Crippen molar-refractivity contribution in [2.75, 3.05) is 5.32 Å². The lowest BCUT2D eigenvalue weighted by molar-refractivity contribution is 0.0697. The van der Waals surface area contributed by atoms with E-state index in [-0.39, 0.29) is 12.2 Å². The number of amides is 1. The molecule has 4 rings (SSSR count). The molecule has 0 fully saturated rings.